The fourth-order valence-corrected chi connectivity index (χ4v) is 7.17. The molecule has 4 rings (SSSR count). The van der Waals surface area contributed by atoms with Crippen LogP contribution in [0.4, 0.5) is 5.69 Å². The zero-order valence-corrected chi connectivity index (χ0v) is 18.3. The van der Waals surface area contributed by atoms with Gasteiger partial charge in [-0.05, 0) is 41.9 Å². The van der Waals surface area contributed by atoms with Gasteiger partial charge in [-0.1, -0.05) is 55.5 Å². The van der Waals surface area contributed by atoms with Crippen molar-refractivity contribution in [1.29, 1.82) is 0 Å². The van der Waals surface area contributed by atoms with Crippen molar-refractivity contribution in [3.63, 3.8) is 0 Å². The summed E-state index contributed by atoms with van der Waals surface area (Å²) in [5, 5.41) is 1.38. The lowest BCUT2D eigenvalue weighted by atomic mass is 9.82. The molecule has 3 atom stereocenters. The molecular weight excluding hydrogens is 378 g/mol. The molecule has 0 saturated carbocycles. The fourth-order valence-electron chi connectivity index (χ4n) is 4.37. The molecule has 0 N–H and O–H groups in total. The summed E-state index contributed by atoms with van der Waals surface area (Å²) >= 11 is 0. The van der Waals surface area contributed by atoms with Crippen molar-refractivity contribution in [3.05, 3.63) is 78.8 Å². The van der Waals surface area contributed by atoms with Crippen LogP contribution in [-0.4, -0.2) is 21.1 Å². The molecule has 1 amide bonds. The number of amides is 1. The Bertz CT molecular complexity index is 967. The standard InChI is InChI=1S/C24H27NO3Si/c1-17(29(3,4)20-9-6-5-7-10-20)22-23(21-11-8-16-28-21)25(24(22)26)18-12-14-19(27-2)15-13-18/h5-17,22-23H,1-4H3/t17-,22+,23+/m0/s1. The third-order valence-corrected chi connectivity index (χ3v) is 11.0. The van der Waals surface area contributed by atoms with Gasteiger partial charge < -0.3 is 14.1 Å². The molecular formula is C24H27NO3Si. The first-order valence-electron chi connectivity index (χ1n) is 10.0. The predicted molar refractivity (Wildman–Crippen MR) is 118 cm³/mol. The number of nitrogens with zero attached hydrogens (tertiary/aromatic N) is 1. The number of rotatable bonds is 6. The molecule has 1 fully saturated rings. The largest absolute Gasteiger partial charge is 0.497 e. The molecule has 1 aliphatic rings. The van der Waals surface area contributed by atoms with Crippen LogP contribution in [0.15, 0.2) is 77.4 Å². The Labute approximate surface area is 173 Å². The van der Waals surface area contributed by atoms with Crippen LogP contribution < -0.4 is 14.8 Å². The van der Waals surface area contributed by atoms with E-state index in [-0.39, 0.29) is 23.4 Å². The zero-order chi connectivity index (χ0) is 20.6. The molecule has 29 heavy (non-hydrogen) atoms. The predicted octanol–water partition coefficient (Wildman–Crippen LogP) is 5.00. The summed E-state index contributed by atoms with van der Waals surface area (Å²) in [6, 6.07) is 22.1. The van der Waals surface area contributed by atoms with Crippen LogP contribution >= 0.6 is 0 Å². The number of ether oxygens (including phenoxy) is 1. The molecule has 1 aliphatic heterocycles. The van der Waals surface area contributed by atoms with Gasteiger partial charge in [0, 0.05) is 5.69 Å². The summed E-state index contributed by atoms with van der Waals surface area (Å²) in [5.41, 5.74) is 1.14. The van der Waals surface area contributed by atoms with E-state index in [9.17, 15) is 4.79 Å². The first kappa shape index (κ1) is 19.5. The highest BCUT2D eigenvalue weighted by Crippen LogP contribution is 2.51. The molecule has 4 nitrogen and oxygen atoms in total. The summed E-state index contributed by atoms with van der Waals surface area (Å²) in [7, 11) is -0.224. The number of carbonyl (C=O) groups excluding carboxylic acids is 1. The van der Waals surface area contributed by atoms with Crippen molar-refractivity contribution < 1.29 is 13.9 Å². The highest BCUT2D eigenvalue weighted by atomic mass is 28.3. The summed E-state index contributed by atoms with van der Waals surface area (Å²) in [6.07, 6.45) is 1.69. The van der Waals surface area contributed by atoms with Crippen molar-refractivity contribution in [3.8, 4) is 5.75 Å². The Balaban J connectivity index is 1.69. The molecule has 2 aromatic carbocycles. The number of hydrogen-bond acceptors (Lipinski definition) is 3. The van der Waals surface area contributed by atoms with Gasteiger partial charge in [0.25, 0.3) is 0 Å². The van der Waals surface area contributed by atoms with Gasteiger partial charge in [0.1, 0.15) is 17.6 Å². The maximum atomic E-state index is 13.4. The zero-order valence-electron chi connectivity index (χ0n) is 17.3. The Morgan fingerprint density at radius 1 is 1.00 bits per heavy atom. The van der Waals surface area contributed by atoms with Gasteiger partial charge in [0.2, 0.25) is 5.91 Å². The Morgan fingerprint density at radius 3 is 2.28 bits per heavy atom. The topological polar surface area (TPSA) is 42.7 Å². The van der Waals surface area contributed by atoms with Crippen LogP contribution in [0.2, 0.25) is 18.6 Å². The van der Waals surface area contributed by atoms with E-state index in [1.807, 2.05) is 47.4 Å². The Kier molecular flexibility index (Phi) is 5.09. The lowest BCUT2D eigenvalue weighted by Crippen LogP contribution is -2.61. The SMILES string of the molecule is COc1ccc(N2C(=O)[C@H]([C@H](C)[Si](C)(C)c3ccccc3)[C@H]2c2ccco2)cc1. The van der Waals surface area contributed by atoms with Crippen LogP contribution in [0.25, 0.3) is 0 Å². The van der Waals surface area contributed by atoms with E-state index in [1.54, 1.807) is 13.4 Å². The number of β-lactam (4-membered cyclic amide) rings is 1. The monoisotopic (exact) mass is 405 g/mol. The molecule has 0 aliphatic carbocycles. The van der Waals surface area contributed by atoms with Gasteiger partial charge in [0.05, 0.1) is 27.4 Å². The highest BCUT2D eigenvalue weighted by molar-refractivity contribution is 6.91. The maximum absolute atomic E-state index is 13.4. The lowest BCUT2D eigenvalue weighted by molar-refractivity contribution is -0.131. The van der Waals surface area contributed by atoms with Crippen molar-refractivity contribution in [2.75, 3.05) is 12.0 Å². The van der Waals surface area contributed by atoms with Gasteiger partial charge in [-0.15, -0.1) is 0 Å². The van der Waals surface area contributed by atoms with Crippen molar-refractivity contribution in [2.24, 2.45) is 5.92 Å². The minimum absolute atomic E-state index is 0.0867. The van der Waals surface area contributed by atoms with Crippen LogP contribution in [-0.2, 0) is 4.79 Å². The van der Waals surface area contributed by atoms with Gasteiger partial charge in [-0.2, -0.15) is 0 Å². The molecule has 0 unspecified atom stereocenters. The Hall–Kier alpha value is -2.79. The van der Waals surface area contributed by atoms with E-state index in [0.29, 0.717) is 0 Å². The minimum Gasteiger partial charge on any atom is -0.497 e. The number of benzene rings is 2. The van der Waals surface area contributed by atoms with Crippen LogP contribution in [0.3, 0.4) is 0 Å². The number of anilines is 1. The van der Waals surface area contributed by atoms with Crippen LogP contribution in [0.5, 0.6) is 5.75 Å². The molecule has 150 valence electrons. The smallest absolute Gasteiger partial charge is 0.233 e. The lowest BCUT2D eigenvalue weighted by Gasteiger charge is -2.51. The van der Waals surface area contributed by atoms with Gasteiger partial charge in [-0.25, -0.2) is 0 Å². The average Bonchev–Trinajstić information content (AvgIpc) is 3.27. The molecule has 0 spiro atoms. The number of carbonyl (C=O) groups is 1. The van der Waals surface area contributed by atoms with Gasteiger partial charge in [-0.3, -0.25) is 4.79 Å². The van der Waals surface area contributed by atoms with Crippen molar-refractivity contribution in [1.82, 2.24) is 0 Å². The second kappa shape index (κ2) is 7.56. The van der Waals surface area contributed by atoms with E-state index >= 15 is 0 Å². The molecule has 0 bridgehead atoms. The van der Waals surface area contributed by atoms with Gasteiger partial charge >= 0.3 is 0 Å². The summed E-state index contributed by atoms with van der Waals surface area (Å²) < 4.78 is 11.0. The first-order chi connectivity index (χ1) is 13.9. The van der Waals surface area contributed by atoms with E-state index in [4.69, 9.17) is 9.15 Å². The molecule has 0 radical (unpaired) electrons. The highest BCUT2D eigenvalue weighted by Gasteiger charge is 2.56. The maximum Gasteiger partial charge on any atom is 0.233 e. The average molecular weight is 406 g/mol. The molecule has 5 heteroatoms. The van der Waals surface area contributed by atoms with Gasteiger partial charge in [0.15, 0.2) is 0 Å². The third-order valence-electron chi connectivity index (χ3n) is 6.52. The Morgan fingerprint density at radius 2 is 1.69 bits per heavy atom. The number of hydrogen-bond donors (Lipinski definition) is 0. The summed E-state index contributed by atoms with van der Waals surface area (Å²) in [5.74, 6) is 1.69. The van der Waals surface area contributed by atoms with Crippen LogP contribution in [0.1, 0.15) is 18.7 Å². The third kappa shape index (κ3) is 3.29. The molecule has 2 heterocycles. The second-order valence-corrected chi connectivity index (χ2v) is 13.2. The van der Waals surface area contributed by atoms with E-state index in [1.165, 1.54) is 5.19 Å². The fraction of sp³-hybridized carbons (Fsp3) is 0.292. The quantitative estimate of drug-likeness (QED) is 0.428. The second-order valence-electron chi connectivity index (χ2n) is 8.27. The number of furan rings is 1. The van der Waals surface area contributed by atoms with E-state index in [2.05, 4.69) is 44.3 Å². The summed E-state index contributed by atoms with van der Waals surface area (Å²) in [6.45, 7) is 6.95. The van der Waals surface area contributed by atoms with E-state index in [0.717, 1.165) is 17.2 Å². The van der Waals surface area contributed by atoms with Crippen molar-refractivity contribution in [2.45, 2.75) is 31.6 Å². The number of methoxy groups -OCH3 is 1. The molecule has 1 saturated heterocycles. The molecule has 3 aromatic rings. The van der Waals surface area contributed by atoms with Crippen LogP contribution in [0, 0.1) is 5.92 Å². The van der Waals surface area contributed by atoms with Crippen molar-refractivity contribution >= 4 is 24.9 Å². The summed E-state index contributed by atoms with van der Waals surface area (Å²) in [4.78, 5) is 15.3. The van der Waals surface area contributed by atoms with E-state index < -0.39 is 8.07 Å². The normalized spacial score (nSPS) is 20.3. The minimum atomic E-state index is -1.87. The first-order valence-corrected chi connectivity index (χ1v) is 13.1. The molecule has 1 aromatic heterocycles.